The molecule has 3 aromatic heterocycles. The Kier molecular flexibility index (Phi) is 4.52. The average Bonchev–Trinajstić information content (AvgIpc) is 3.18. The van der Waals surface area contributed by atoms with E-state index < -0.39 is 29.0 Å². The Bertz CT molecular complexity index is 1190. The van der Waals surface area contributed by atoms with Crippen molar-refractivity contribution in [3.8, 4) is 0 Å². The average molecular weight is 425 g/mol. The SMILES string of the molecule is Cc1nc2sc3c(c2c(=O)n1NC(=O)c1cc(C(F)(F)F)n(C)n1)CCC(C)C3. The molecule has 0 spiro atoms. The van der Waals surface area contributed by atoms with Crippen LogP contribution in [0, 0.1) is 12.8 Å². The first kappa shape index (κ1) is 19.6. The normalized spacial score (nSPS) is 16.8. The molecule has 0 bridgehead atoms. The van der Waals surface area contributed by atoms with Crippen molar-refractivity contribution in [2.24, 2.45) is 13.0 Å². The van der Waals surface area contributed by atoms with E-state index in [2.05, 4.69) is 22.4 Å². The van der Waals surface area contributed by atoms with Gasteiger partial charge in [0.15, 0.2) is 5.69 Å². The second-order valence-electron chi connectivity index (χ2n) is 7.31. The number of alkyl halides is 3. The molecule has 4 rings (SSSR count). The maximum absolute atomic E-state index is 13.1. The Balaban J connectivity index is 1.73. The van der Waals surface area contributed by atoms with Crippen LogP contribution in [0.25, 0.3) is 10.2 Å². The summed E-state index contributed by atoms with van der Waals surface area (Å²) in [6.07, 6.45) is -2.03. The van der Waals surface area contributed by atoms with Gasteiger partial charge in [0.05, 0.1) is 5.39 Å². The largest absolute Gasteiger partial charge is 0.433 e. The van der Waals surface area contributed by atoms with Crippen molar-refractivity contribution in [1.82, 2.24) is 19.4 Å². The number of nitrogens with zero attached hydrogens (tertiary/aromatic N) is 4. The summed E-state index contributed by atoms with van der Waals surface area (Å²) in [5.41, 5.74) is 1.38. The molecule has 3 heterocycles. The van der Waals surface area contributed by atoms with Gasteiger partial charge in [-0.05, 0) is 37.7 Å². The third-order valence-corrected chi connectivity index (χ3v) is 6.26. The standard InChI is InChI=1S/C18H18F3N5O2S/c1-8-4-5-10-12(6-8)29-16-14(10)17(28)26(9(2)22-16)24-15(27)11-7-13(18(19,20)21)25(3)23-11/h7-8H,4-6H2,1-3H3,(H,24,27). The lowest BCUT2D eigenvalue weighted by molar-refractivity contribution is -0.143. The number of aromatic nitrogens is 4. The number of carbonyl (C=O) groups excluding carboxylic acids is 1. The summed E-state index contributed by atoms with van der Waals surface area (Å²) in [6, 6.07) is 0.648. The van der Waals surface area contributed by atoms with Crippen LogP contribution in [0.4, 0.5) is 13.2 Å². The lowest BCUT2D eigenvalue weighted by Gasteiger charge is -2.17. The highest BCUT2D eigenvalue weighted by Crippen LogP contribution is 2.35. The predicted molar refractivity (Wildman–Crippen MR) is 102 cm³/mol. The quantitative estimate of drug-likeness (QED) is 0.684. The summed E-state index contributed by atoms with van der Waals surface area (Å²) < 4.78 is 40.4. The van der Waals surface area contributed by atoms with Gasteiger partial charge in [0, 0.05) is 18.0 Å². The number of nitrogens with one attached hydrogen (secondary N) is 1. The van der Waals surface area contributed by atoms with Crippen LogP contribution in [0.15, 0.2) is 10.9 Å². The molecule has 29 heavy (non-hydrogen) atoms. The lowest BCUT2D eigenvalue weighted by Crippen LogP contribution is -2.35. The van der Waals surface area contributed by atoms with Crippen molar-refractivity contribution in [2.45, 2.75) is 39.3 Å². The zero-order valence-corrected chi connectivity index (χ0v) is 16.7. The number of halogens is 3. The molecule has 1 N–H and O–H groups in total. The second-order valence-corrected chi connectivity index (χ2v) is 8.39. The molecule has 0 aliphatic heterocycles. The van der Waals surface area contributed by atoms with Crippen molar-refractivity contribution in [3.05, 3.63) is 44.1 Å². The molecular formula is C18H18F3N5O2S. The Morgan fingerprint density at radius 2 is 2.10 bits per heavy atom. The first-order valence-corrected chi connectivity index (χ1v) is 9.84. The molecule has 0 fully saturated rings. The lowest BCUT2D eigenvalue weighted by atomic mass is 9.89. The van der Waals surface area contributed by atoms with Crippen LogP contribution in [0.1, 0.15) is 45.8 Å². The smallest absolute Gasteiger partial charge is 0.267 e. The summed E-state index contributed by atoms with van der Waals surface area (Å²) >= 11 is 1.49. The van der Waals surface area contributed by atoms with Crippen LogP contribution < -0.4 is 11.0 Å². The molecule has 1 unspecified atom stereocenters. The highest BCUT2D eigenvalue weighted by atomic mass is 32.1. The summed E-state index contributed by atoms with van der Waals surface area (Å²) in [4.78, 5) is 31.7. The summed E-state index contributed by atoms with van der Waals surface area (Å²) in [7, 11) is 1.10. The molecular weight excluding hydrogens is 407 g/mol. The maximum atomic E-state index is 13.1. The number of hydrogen-bond acceptors (Lipinski definition) is 5. The topological polar surface area (TPSA) is 81.8 Å². The second kappa shape index (κ2) is 6.68. The Labute approximate surface area is 167 Å². The van der Waals surface area contributed by atoms with Gasteiger partial charge in [-0.2, -0.15) is 18.3 Å². The summed E-state index contributed by atoms with van der Waals surface area (Å²) in [6.45, 7) is 3.72. The number of thiophene rings is 1. The molecule has 1 amide bonds. The fourth-order valence-corrected chi connectivity index (χ4v) is 5.04. The number of rotatable bonds is 2. The van der Waals surface area contributed by atoms with E-state index in [4.69, 9.17) is 0 Å². The minimum Gasteiger partial charge on any atom is -0.267 e. The van der Waals surface area contributed by atoms with Crippen LogP contribution in [-0.2, 0) is 26.1 Å². The highest BCUT2D eigenvalue weighted by Gasteiger charge is 2.36. The third-order valence-electron chi connectivity index (χ3n) is 5.11. The molecule has 0 aromatic carbocycles. The van der Waals surface area contributed by atoms with E-state index in [9.17, 15) is 22.8 Å². The van der Waals surface area contributed by atoms with Crippen LogP contribution in [-0.4, -0.2) is 25.3 Å². The van der Waals surface area contributed by atoms with Gasteiger partial charge in [-0.1, -0.05) is 6.92 Å². The van der Waals surface area contributed by atoms with Gasteiger partial charge in [0.1, 0.15) is 16.3 Å². The number of carbonyl (C=O) groups is 1. The molecule has 0 saturated carbocycles. The Hall–Kier alpha value is -2.69. The Morgan fingerprint density at radius 1 is 1.38 bits per heavy atom. The fraction of sp³-hybridized carbons (Fsp3) is 0.444. The first-order chi connectivity index (χ1) is 13.6. The molecule has 1 atom stereocenters. The van der Waals surface area contributed by atoms with E-state index >= 15 is 0 Å². The molecule has 0 radical (unpaired) electrons. The molecule has 7 nitrogen and oxygen atoms in total. The Morgan fingerprint density at radius 3 is 2.76 bits per heavy atom. The molecule has 154 valence electrons. The van der Waals surface area contributed by atoms with Gasteiger partial charge in [-0.3, -0.25) is 19.7 Å². The molecule has 11 heteroatoms. The van der Waals surface area contributed by atoms with Crippen molar-refractivity contribution in [3.63, 3.8) is 0 Å². The fourth-order valence-electron chi connectivity index (χ4n) is 3.63. The minimum atomic E-state index is -4.64. The van der Waals surface area contributed by atoms with E-state index in [-0.39, 0.29) is 5.82 Å². The van der Waals surface area contributed by atoms with E-state index in [1.165, 1.54) is 11.3 Å². The maximum Gasteiger partial charge on any atom is 0.433 e. The number of amides is 1. The van der Waals surface area contributed by atoms with Gasteiger partial charge < -0.3 is 0 Å². The summed E-state index contributed by atoms with van der Waals surface area (Å²) in [5.74, 6) is -0.139. The van der Waals surface area contributed by atoms with Gasteiger partial charge in [-0.15, -0.1) is 11.3 Å². The predicted octanol–water partition coefficient (Wildman–Crippen LogP) is 3.03. The van der Waals surface area contributed by atoms with E-state index in [1.54, 1.807) is 6.92 Å². The van der Waals surface area contributed by atoms with Crippen molar-refractivity contribution in [1.29, 1.82) is 0 Å². The monoisotopic (exact) mass is 425 g/mol. The zero-order chi connectivity index (χ0) is 21.1. The van der Waals surface area contributed by atoms with Crippen LogP contribution >= 0.6 is 11.3 Å². The van der Waals surface area contributed by atoms with Crippen LogP contribution in [0.5, 0.6) is 0 Å². The number of hydrogen-bond donors (Lipinski definition) is 1. The molecule has 0 saturated heterocycles. The third kappa shape index (κ3) is 3.33. The van der Waals surface area contributed by atoms with Gasteiger partial charge in [-0.25, -0.2) is 9.66 Å². The van der Waals surface area contributed by atoms with Crippen LogP contribution in [0.2, 0.25) is 0 Å². The van der Waals surface area contributed by atoms with E-state index in [0.29, 0.717) is 26.9 Å². The van der Waals surface area contributed by atoms with E-state index in [1.807, 2.05) is 0 Å². The molecule has 3 aromatic rings. The zero-order valence-electron chi connectivity index (χ0n) is 15.9. The van der Waals surface area contributed by atoms with Crippen molar-refractivity contribution in [2.75, 3.05) is 5.43 Å². The minimum absolute atomic E-state index is 0.245. The van der Waals surface area contributed by atoms with Crippen LogP contribution in [0.3, 0.4) is 0 Å². The van der Waals surface area contributed by atoms with Gasteiger partial charge in [0.2, 0.25) is 0 Å². The first-order valence-electron chi connectivity index (χ1n) is 9.02. The molecule has 1 aliphatic rings. The van der Waals surface area contributed by atoms with Gasteiger partial charge >= 0.3 is 6.18 Å². The van der Waals surface area contributed by atoms with Crippen molar-refractivity contribution < 1.29 is 18.0 Å². The number of fused-ring (bicyclic) bond motifs is 3. The van der Waals surface area contributed by atoms with Crippen molar-refractivity contribution >= 4 is 27.5 Å². The molecule has 1 aliphatic carbocycles. The van der Waals surface area contributed by atoms with E-state index in [0.717, 1.165) is 41.4 Å². The highest BCUT2D eigenvalue weighted by molar-refractivity contribution is 7.18. The van der Waals surface area contributed by atoms with Gasteiger partial charge in [0.25, 0.3) is 11.5 Å². The number of aryl methyl sites for hydroxylation is 3. The summed E-state index contributed by atoms with van der Waals surface area (Å²) in [5, 5.41) is 4.09.